The van der Waals surface area contributed by atoms with Crippen LogP contribution in [-0.2, 0) is 27.4 Å². The van der Waals surface area contributed by atoms with Gasteiger partial charge in [-0.2, -0.15) is 0 Å². The van der Waals surface area contributed by atoms with Crippen LogP contribution in [0.4, 0.5) is 0 Å². The second kappa shape index (κ2) is 24.1. The average Bonchev–Trinajstić information content (AvgIpc) is 3.94. The van der Waals surface area contributed by atoms with E-state index in [1.165, 1.54) is 89.9 Å². The molecular formula is C59H87N3O5. The van der Waals surface area contributed by atoms with Crippen LogP contribution < -0.4 is 4.74 Å². The van der Waals surface area contributed by atoms with Gasteiger partial charge >= 0.3 is 11.9 Å². The van der Waals surface area contributed by atoms with E-state index < -0.39 is 0 Å². The van der Waals surface area contributed by atoms with Crippen LogP contribution in [0.15, 0.2) is 66.4 Å². The molecule has 8 heteroatoms. The van der Waals surface area contributed by atoms with Crippen molar-refractivity contribution >= 4 is 11.9 Å². The Balaban J connectivity index is 0.715. The van der Waals surface area contributed by atoms with Crippen molar-refractivity contribution in [2.24, 2.45) is 52.3 Å². The van der Waals surface area contributed by atoms with E-state index in [9.17, 15) is 9.59 Å². The van der Waals surface area contributed by atoms with Crippen LogP contribution in [-0.4, -0.2) is 39.6 Å². The summed E-state index contributed by atoms with van der Waals surface area (Å²) in [6.45, 7) is 18.4. The summed E-state index contributed by atoms with van der Waals surface area (Å²) >= 11 is 0. The number of benzene rings is 2. The zero-order valence-corrected chi connectivity index (χ0v) is 42.7. The number of hydrogen-bond donors (Lipinski definition) is 0. The van der Waals surface area contributed by atoms with Gasteiger partial charge in [0.25, 0.3) is 0 Å². The molecule has 0 radical (unpaired) electrons. The first kappa shape index (κ1) is 50.9. The number of hydrogen-bond acceptors (Lipinski definition) is 7. The van der Waals surface area contributed by atoms with Gasteiger partial charge in [0, 0.05) is 19.4 Å². The second-order valence-corrected chi connectivity index (χ2v) is 22.7. The van der Waals surface area contributed by atoms with Gasteiger partial charge in [0.15, 0.2) is 0 Å². The predicted molar refractivity (Wildman–Crippen MR) is 270 cm³/mol. The van der Waals surface area contributed by atoms with E-state index in [1.807, 2.05) is 59.4 Å². The number of aryl methyl sites for hydroxylation is 1. The first-order valence-electron chi connectivity index (χ1n) is 27.1. The molecule has 7 rings (SSSR count). The highest BCUT2D eigenvalue weighted by Crippen LogP contribution is 2.67. The largest absolute Gasteiger partial charge is 0.487 e. The molecule has 0 N–H and O–H groups in total. The minimum Gasteiger partial charge on any atom is -0.487 e. The minimum atomic E-state index is -0.279. The highest BCUT2D eigenvalue weighted by molar-refractivity contribution is 5.90. The van der Waals surface area contributed by atoms with Crippen molar-refractivity contribution < 1.29 is 23.8 Å². The van der Waals surface area contributed by atoms with Crippen LogP contribution in [0.1, 0.15) is 199 Å². The predicted octanol–water partition coefficient (Wildman–Crippen LogP) is 15.2. The Labute approximate surface area is 405 Å². The van der Waals surface area contributed by atoms with E-state index in [1.54, 1.807) is 5.57 Å². The highest BCUT2D eigenvalue weighted by Gasteiger charge is 2.59. The van der Waals surface area contributed by atoms with Crippen molar-refractivity contribution in [1.29, 1.82) is 0 Å². The molecule has 3 saturated carbocycles. The summed E-state index contributed by atoms with van der Waals surface area (Å²) in [6, 6.07) is 15.5. The van der Waals surface area contributed by atoms with Crippen molar-refractivity contribution in [3.63, 3.8) is 0 Å². The molecule has 3 fully saturated rings. The van der Waals surface area contributed by atoms with Crippen molar-refractivity contribution in [3.8, 4) is 16.9 Å². The molecule has 1 unspecified atom stereocenters. The SMILES string of the molecule is CCC(C)COC(=O)c1ccc(-c2ccc(OCc3cn(CCCCCCCCCCC(=O)O[C@H]4CC[C@@]5(C)C(=CC[C@H]6[C@@H]7CC[C@H]([C@H](C)CCCC(C)C)[C@@]7(C)CC[C@@H]65)C4)nn3)cc2)cc1. The van der Waals surface area contributed by atoms with Gasteiger partial charge in [-0.05, 0) is 145 Å². The Bertz CT molecular complexity index is 2040. The second-order valence-electron chi connectivity index (χ2n) is 22.7. The molecule has 2 aromatic carbocycles. The van der Waals surface area contributed by atoms with Gasteiger partial charge in [0.2, 0.25) is 0 Å². The van der Waals surface area contributed by atoms with Crippen molar-refractivity contribution in [2.45, 2.75) is 203 Å². The monoisotopic (exact) mass is 918 g/mol. The number of fused-ring (bicyclic) bond motifs is 5. The van der Waals surface area contributed by atoms with Gasteiger partial charge in [-0.25, -0.2) is 4.79 Å². The van der Waals surface area contributed by atoms with Gasteiger partial charge in [-0.3, -0.25) is 9.48 Å². The number of nitrogens with zero attached hydrogens (tertiary/aromatic N) is 3. The molecular weight excluding hydrogens is 831 g/mol. The van der Waals surface area contributed by atoms with E-state index in [0.29, 0.717) is 41.9 Å². The number of allylic oxidation sites excluding steroid dienone is 1. The fourth-order valence-corrected chi connectivity index (χ4v) is 13.2. The number of aromatic nitrogens is 3. The summed E-state index contributed by atoms with van der Waals surface area (Å²) in [5.41, 5.74) is 5.89. The Hall–Kier alpha value is -3.94. The average molecular weight is 918 g/mol. The molecule has 0 amide bonds. The molecule has 67 heavy (non-hydrogen) atoms. The molecule has 368 valence electrons. The summed E-state index contributed by atoms with van der Waals surface area (Å²) < 4.78 is 19.5. The molecule has 8 nitrogen and oxygen atoms in total. The molecule has 0 saturated heterocycles. The van der Waals surface area contributed by atoms with Crippen LogP contribution in [0.3, 0.4) is 0 Å². The zero-order valence-electron chi connectivity index (χ0n) is 42.7. The summed E-state index contributed by atoms with van der Waals surface area (Å²) in [6.07, 6.45) is 29.7. The van der Waals surface area contributed by atoms with E-state index in [2.05, 4.69) is 64.9 Å². The maximum absolute atomic E-state index is 13.0. The number of esters is 2. The highest BCUT2D eigenvalue weighted by atomic mass is 16.5. The lowest BCUT2D eigenvalue weighted by molar-refractivity contribution is -0.151. The number of ether oxygens (including phenoxy) is 3. The summed E-state index contributed by atoms with van der Waals surface area (Å²) in [4.78, 5) is 25.3. The van der Waals surface area contributed by atoms with E-state index in [-0.39, 0.29) is 18.0 Å². The maximum Gasteiger partial charge on any atom is 0.338 e. The van der Waals surface area contributed by atoms with Crippen molar-refractivity contribution in [2.75, 3.05) is 6.61 Å². The van der Waals surface area contributed by atoms with Crippen LogP contribution >= 0.6 is 0 Å². The van der Waals surface area contributed by atoms with Crippen LogP contribution in [0.25, 0.3) is 11.1 Å². The van der Waals surface area contributed by atoms with E-state index in [0.717, 1.165) is 103 Å². The summed E-state index contributed by atoms with van der Waals surface area (Å²) in [5, 5.41) is 8.64. The fraction of sp³-hybridized carbons (Fsp3) is 0.695. The van der Waals surface area contributed by atoms with Crippen LogP contribution in [0.5, 0.6) is 5.75 Å². The lowest BCUT2D eigenvalue weighted by atomic mass is 9.47. The standard InChI is InChI=1S/C59H87N3O5/c1-8-43(4)40-66-57(64)47-23-21-45(22-24-47)46-25-28-50(29-26-46)65-41-49-39-62(61-60-49)37-16-14-12-10-9-11-13-15-20-56(63)67-51-33-35-58(6)48(38-51)27-30-52-54-32-31-53(44(5)19-17-18-42(2)3)59(54,7)36-34-55(52)58/h21-29,39,42-44,51-55H,8-20,30-38,40-41H2,1-7H3/t43?,44-,51+,52+,53-,54+,55+,58+,59-/m1/s1. The Morgan fingerprint density at radius 3 is 2.21 bits per heavy atom. The number of carbonyl (C=O) groups is 2. The quantitative estimate of drug-likeness (QED) is 0.0475. The molecule has 1 aromatic heterocycles. The third-order valence-electron chi connectivity index (χ3n) is 17.6. The Morgan fingerprint density at radius 2 is 1.49 bits per heavy atom. The lowest BCUT2D eigenvalue weighted by Crippen LogP contribution is -2.51. The number of unbranched alkanes of at least 4 members (excludes halogenated alkanes) is 7. The Kier molecular flexibility index (Phi) is 18.3. The van der Waals surface area contributed by atoms with Crippen molar-refractivity contribution in [3.05, 3.63) is 77.6 Å². The maximum atomic E-state index is 13.0. The number of rotatable bonds is 25. The molecule has 0 aliphatic heterocycles. The molecule has 1 heterocycles. The molecule has 0 spiro atoms. The normalized spacial score (nSPS) is 26.5. The van der Waals surface area contributed by atoms with Gasteiger partial charge in [-0.15, -0.1) is 5.10 Å². The van der Waals surface area contributed by atoms with Gasteiger partial charge in [-0.1, -0.05) is 154 Å². The third-order valence-corrected chi connectivity index (χ3v) is 17.6. The first-order chi connectivity index (χ1) is 32.4. The molecule has 0 bridgehead atoms. The first-order valence-corrected chi connectivity index (χ1v) is 27.1. The molecule has 4 aliphatic rings. The van der Waals surface area contributed by atoms with E-state index in [4.69, 9.17) is 14.2 Å². The molecule has 9 atom stereocenters. The smallest absolute Gasteiger partial charge is 0.338 e. The van der Waals surface area contributed by atoms with E-state index >= 15 is 0 Å². The minimum absolute atomic E-state index is 0.0189. The third kappa shape index (κ3) is 13.2. The van der Waals surface area contributed by atoms with Gasteiger partial charge < -0.3 is 14.2 Å². The fourth-order valence-electron chi connectivity index (χ4n) is 13.2. The Morgan fingerprint density at radius 1 is 0.791 bits per heavy atom. The molecule has 4 aliphatic carbocycles. The lowest BCUT2D eigenvalue weighted by Gasteiger charge is -2.58. The summed E-state index contributed by atoms with van der Waals surface area (Å²) in [7, 11) is 0. The van der Waals surface area contributed by atoms with Crippen LogP contribution in [0, 0.1) is 52.3 Å². The van der Waals surface area contributed by atoms with Crippen molar-refractivity contribution in [1.82, 2.24) is 15.0 Å². The molecule has 3 aromatic rings. The summed E-state index contributed by atoms with van der Waals surface area (Å²) in [5.74, 6) is 5.98. The van der Waals surface area contributed by atoms with Gasteiger partial charge in [0.05, 0.1) is 18.4 Å². The zero-order chi connectivity index (χ0) is 47.4. The van der Waals surface area contributed by atoms with Gasteiger partial charge in [0.1, 0.15) is 24.2 Å². The number of carbonyl (C=O) groups excluding carboxylic acids is 2. The van der Waals surface area contributed by atoms with Crippen LogP contribution in [0.2, 0.25) is 0 Å². The topological polar surface area (TPSA) is 92.5 Å².